The maximum Gasteiger partial charge on any atom is 0.0897 e. The van der Waals surface area contributed by atoms with Crippen LogP contribution in [0, 0.1) is 22.7 Å². The molecule has 2 aliphatic rings. The van der Waals surface area contributed by atoms with E-state index in [1.165, 1.54) is 19.3 Å². The van der Waals surface area contributed by atoms with E-state index >= 15 is 0 Å². The first-order valence-electron chi connectivity index (χ1n) is 8.27. The van der Waals surface area contributed by atoms with E-state index in [-0.39, 0.29) is 6.10 Å². The third kappa shape index (κ3) is 2.90. The Morgan fingerprint density at radius 3 is 2.45 bits per heavy atom. The summed E-state index contributed by atoms with van der Waals surface area (Å²) < 4.78 is 6.10. The van der Waals surface area contributed by atoms with Gasteiger partial charge in [-0.2, -0.15) is 0 Å². The van der Waals surface area contributed by atoms with Gasteiger partial charge < -0.3 is 15.2 Å². The minimum absolute atomic E-state index is 0.294. The first-order valence-corrected chi connectivity index (χ1v) is 8.27. The highest BCUT2D eigenvalue weighted by atomic mass is 16.5. The summed E-state index contributed by atoms with van der Waals surface area (Å²) in [5.41, 5.74) is 0.682. The van der Waals surface area contributed by atoms with Crippen LogP contribution in [-0.2, 0) is 4.74 Å². The minimum atomic E-state index is -0.389. The monoisotopic (exact) mass is 283 g/mol. The summed E-state index contributed by atoms with van der Waals surface area (Å²) in [7, 11) is 0. The van der Waals surface area contributed by atoms with Crippen LogP contribution in [-0.4, -0.2) is 37.0 Å². The van der Waals surface area contributed by atoms with Crippen molar-refractivity contribution < 1.29 is 9.84 Å². The zero-order chi connectivity index (χ0) is 15.0. The van der Waals surface area contributed by atoms with E-state index in [0.717, 1.165) is 12.5 Å². The van der Waals surface area contributed by atoms with Gasteiger partial charge in [-0.05, 0) is 48.5 Å². The second-order valence-electron chi connectivity index (χ2n) is 8.14. The van der Waals surface area contributed by atoms with Gasteiger partial charge in [-0.15, -0.1) is 0 Å². The fourth-order valence-corrected chi connectivity index (χ4v) is 4.21. The van der Waals surface area contributed by atoms with E-state index < -0.39 is 0 Å². The minimum Gasteiger partial charge on any atom is -0.389 e. The number of hydrogen-bond acceptors (Lipinski definition) is 3. The van der Waals surface area contributed by atoms with Gasteiger partial charge in [0, 0.05) is 6.54 Å². The highest BCUT2D eigenvalue weighted by Crippen LogP contribution is 2.66. The lowest BCUT2D eigenvalue weighted by Gasteiger charge is -2.39. The molecule has 2 aliphatic carbocycles. The molecule has 3 heteroatoms. The Bertz CT molecular complexity index is 329. The molecule has 118 valence electrons. The number of nitrogens with one attached hydrogen (secondary N) is 1. The molecule has 2 fully saturated rings. The van der Waals surface area contributed by atoms with Crippen LogP contribution in [0.25, 0.3) is 0 Å². The quantitative estimate of drug-likeness (QED) is 0.755. The third-order valence-corrected chi connectivity index (χ3v) is 6.14. The molecule has 0 aromatic rings. The first-order chi connectivity index (χ1) is 9.27. The summed E-state index contributed by atoms with van der Waals surface area (Å²) >= 11 is 0. The smallest absolute Gasteiger partial charge is 0.0897 e. The van der Waals surface area contributed by atoms with E-state index in [2.05, 4.69) is 39.9 Å². The normalized spacial score (nSPS) is 36.8. The standard InChI is InChI=1S/C17H33NO2/c1-12(2)9-18-10-14(19)11-20-15-8-13-6-7-17(15,5)16(13,3)4/h12-15,18-19H,6-11H2,1-5H3/t13-,14-,15+,17-/m0/s1. The predicted octanol–water partition coefficient (Wildman–Crippen LogP) is 2.82. The Labute approximate surface area is 124 Å². The molecule has 2 saturated carbocycles. The molecule has 0 aromatic heterocycles. The summed E-state index contributed by atoms with van der Waals surface area (Å²) in [6.07, 6.45) is 3.74. The van der Waals surface area contributed by atoms with Gasteiger partial charge in [-0.3, -0.25) is 0 Å². The van der Waals surface area contributed by atoms with Gasteiger partial charge in [-0.1, -0.05) is 34.6 Å². The van der Waals surface area contributed by atoms with Gasteiger partial charge in [-0.25, -0.2) is 0 Å². The Balaban J connectivity index is 1.75. The zero-order valence-corrected chi connectivity index (χ0v) is 13.9. The maximum atomic E-state index is 10.0. The summed E-state index contributed by atoms with van der Waals surface area (Å²) in [5.74, 6) is 1.42. The van der Waals surface area contributed by atoms with Gasteiger partial charge in [0.1, 0.15) is 0 Å². The lowest BCUT2D eigenvalue weighted by Crippen LogP contribution is -2.40. The second kappa shape index (κ2) is 5.94. The SMILES string of the molecule is CC(C)CNC[C@H](O)CO[C@@H]1C[C@@H]2CC[C@]1(C)C2(C)C. The maximum absolute atomic E-state index is 10.0. The summed E-state index contributed by atoms with van der Waals surface area (Å²) in [4.78, 5) is 0. The highest BCUT2D eigenvalue weighted by molar-refractivity contribution is 5.11. The molecule has 0 aliphatic heterocycles. The number of aliphatic hydroxyl groups excluding tert-OH is 1. The van der Waals surface area contributed by atoms with Crippen LogP contribution < -0.4 is 5.32 Å². The molecule has 2 rings (SSSR count). The average Bonchev–Trinajstić information content (AvgIpc) is 2.68. The van der Waals surface area contributed by atoms with Crippen molar-refractivity contribution in [3.8, 4) is 0 Å². The van der Waals surface area contributed by atoms with Crippen molar-refractivity contribution in [2.24, 2.45) is 22.7 Å². The van der Waals surface area contributed by atoms with Crippen LogP contribution >= 0.6 is 0 Å². The van der Waals surface area contributed by atoms with Gasteiger partial charge in [0.15, 0.2) is 0 Å². The molecule has 0 amide bonds. The molecule has 20 heavy (non-hydrogen) atoms. The van der Waals surface area contributed by atoms with Crippen molar-refractivity contribution in [1.82, 2.24) is 5.32 Å². The van der Waals surface area contributed by atoms with E-state index in [9.17, 15) is 5.11 Å². The highest BCUT2D eigenvalue weighted by Gasteiger charge is 2.61. The van der Waals surface area contributed by atoms with Crippen LogP contribution in [0.2, 0.25) is 0 Å². The number of ether oxygens (including phenoxy) is 1. The van der Waals surface area contributed by atoms with E-state index in [1.807, 2.05) is 0 Å². The van der Waals surface area contributed by atoms with Crippen molar-refractivity contribution in [2.45, 2.75) is 66.1 Å². The molecule has 0 heterocycles. The van der Waals surface area contributed by atoms with Gasteiger partial charge in [0.2, 0.25) is 0 Å². The summed E-state index contributed by atoms with van der Waals surface area (Å²) in [6, 6.07) is 0. The molecule has 0 unspecified atom stereocenters. The van der Waals surface area contributed by atoms with Crippen LogP contribution in [0.5, 0.6) is 0 Å². The van der Waals surface area contributed by atoms with E-state index in [0.29, 0.717) is 36.0 Å². The van der Waals surface area contributed by atoms with E-state index in [4.69, 9.17) is 4.74 Å². The Morgan fingerprint density at radius 1 is 1.25 bits per heavy atom. The molecule has 2 bridgehead atoms. The fraction of sp³-hybridized carbons (Fsp3) is 1.00. The lowest BCUT2D eigenvalue weighted by atomic mass is 9.70. The molecular weight excluding hydrogens is 250 g/mol. The van der Waals surface area contributed by atoms with Crippen molar-refractivity contribution in [2.75, 3.05) is 19.7 Å². The Hall–Kier alpha value is -0.120. The van der Waals surface area contributed by atoms with Crippen LogP contribution in [0.4, 0.5) is 0 Å². The van der Waals surface area contributed by atoms with E-state index in [1.54, 1.807) is 0 Å². The molecule has 3 nitrogen and oxygen atoms in total. The van der Waals surface area contributed by atoms with Crippen LogP contribution in [0.15, 0.2) is 0 Å². The molecule has 0 aromatic carbocycles. The average molecular weight is 283 g/mol. The predicted molar refractivity (Wildman–Crippen MR) is 82.7 cm³/mol. The van der Waals surface area contributed by atoms with Crippen molar-refractivity contribution >= 4 is 0 Å². The Morgan fingerprint density at radius 2 is 1.95 bits per heavy atom. The Kier molecular flexibility index (Phi) is 4.83. The molecule has 0 radical (unpaired) electrons. The number of aliphatic hydroxyl groups is 1. The topological polar surface area (TPSA) is 41.5 Å². The van der Waals surface area contributed by atoms with Crippen molar-refractivity contribution in [3.63, 3.8) is 0 Å². The van der Waals surface area contributed by atoms with Crippen molar-refractivity contribution in [1.29, 1.82) is 0 Å². The van der Waals surface area contributed by atoms with Gasteiger partial charge >= 0.3 is 0 Å². The molecular formula is C17H33NO2. The van der Waals surface area contributed by atoms with Gasteiger partial charge in [0.05, 0.1) is 18.8 Å². The molecule has 2 N–H and O–H groups in total. The summed E-state index contributed by atoms with van der Waals surface area (Å²) in [5, 5.41) is 13.3. The number of hydrogen-bond donors (Lipinski definition) is 2. The van der Waals surface area contributed by atoms with Crippen LogP contribution in [0.3, 0.4) is 0 Å². The van der Waals surface area contributed by atoms with Crippen molar-refractivity contribution in [3.05, 3.63) is 0 Å². The zero-order valence-electron chi connectivity index (χ0n) is 13.9. The fourth-order valence-electron chi connectivity index (χ4n) is 4.21. The third-order valence-electron chi connectivity index (χ3n) is 6.14. The largest absolute Gasteiger partial charge is 0.389 e. The lowest BCUT2D eigenvalue weighted by molar-refractivity contribution is -0.0742. The first kappa shape index (κ1) is 16.3. The second-order valence-corrected chi connectivity index (χ2v) is 8.14. The molecule has 4 atom stereocenters. The molecule has 0 spiro atoms. The van der Waals surface area contributed by atoms with Gasteiger partial charge in [0.25, 0.3) is 0 Å². The molecule has 0 saturated heterocycles. The number of rotatable bonds is 7. The van der Waals surface area contributed by atoms with Crippen LogP contribution in [0.1, 0.15) is 53.9 Å². The number of fused-ring (bicyclic) bond motifs is 2. The summed E-state index contributed by atoms with van der Waals surface area (Å²) in [6.45, 7) is 13.6.